The molecule has 0 saturated carbocycles. The minimum atomic E-state index is -0.453. The molecule has 1 radical (unpaired) electrons. The maximum Gasteiger partial charge on any atom is 0.339 e. The van der Waals surface area contributed by atoms with Crippen molar-refractivity contribution < 1.29 is 54.9 Å². The Kier molecular flexibility index (Phi) is 12.6. The topological polar surface area (TPSA) is 44.8 Å². The van der Waals surface area contributed by atoms with E-state index in [1.54, 1.807) is 0 Å². The van der Waals surface area contributed by atoms with E-state index in [0.29, 0.717) is 6.61 Å². The Hall–Kier alpha value is 0.585. The fourth-order valence-corrected chi connectivity index (χ4v) is 0.242. The zero-order chi connectivity index (χ0) is 7.11. The van der Waals surface area contributed by atoms with Gasteiger partial charge in [0.25, 0.3) is 0 Å². The van der Waals surface area contributed by atoms with Gasteiger partial charge in [0.05, 0.1) is 6.61 Å². The summed E-state index contributed by atoms with van der Waals surface area (Å²) in [5, 5.41) is 0. The van der Waals surface area contributed by atoms with E-state index in [4.69, 9.17) is 0 Å². The SMILES string of the molecule is COCCOOC(C)=O.[La]. The van der Waals surface area contributed by atoms with Crippen LogP contribution in [0, 0.1) is 35.6 Å². The fourth-order valence-electron chi connectivity index (χ4n) is 0.242. The van der Waals surface area contributed by atoms with E-state index in [9.17, 15) is 4.79 Å². The third-order valence-electron chi connectivity index (χ3n) is 0.547. The van der Waals surface area contributed by atoms with Crippen molar-refractivity contribution in [3.8, 4) is 0 Å². The molecule has 57 valence electrons. The number of carbonyl (C=O) groups is 1. The van der Waals surface area contributed by atoms with Crippen LogP contribution in [0.5, 0.6) is 0 Å². The molecule has 4 nitrogen and oxygen atoms in total. The van der Waals surface area contributed by atoms with Gasteiger partial charge >= 0.3 is 5.97 Å². The molecular formula is C5H10LaO4. The molecule has 0 bridgehead atoms. The van der Waals surface area contributed by atoms with E-state index < -0.39 is 5.97 Å². The summed E-state index contributed by atoms with van der Waals surface area (Å²) in [7, 11) is 1.54. The molecule has 10 heavy (non-hydrogen) atoms. The van der Waals surface area contributed by atoms with Gasteiger partial charge in [-0.05, 0) is 0 Å². The smallest absolute Gasteiger partial charge is 0.339 e. The average Bonchev–Trinajstić information content (AvgIpc) is 1.80. The van der Waals surface area contributed by atoms with Gasteiger partial charge in [-0.2, -0.15) is 4.89 Å². The van der Waals surface area contributed by atoms with Crippen LogP contribution in [0.4, 0.5) is 0 Å². The summed E-state index contributed by atoms with van der Waals surface area (Å²) in [6.07, 6.45) is 0. The first-order valence-corrected chi connectivity index (χ1v) is 2.56. The maximum atomic E-state index is 10.0. The number of ether oxygens (including phenoxy) is 1. The molecule has 0 rings (SSSR count). The predicted octanol–water partition coefficient (Wildman–Crippen LogP) is 0.128. The van der Waals surface area contributed by atoms with E-state index >= 15 is 0 Å². The Morgan fingerprint density at radius 2 is 2.00 bits per heavy atom. The monoisotopic (exact) mass is 273 g/mol. The molecule has 5 heteroatoms. The van der Waals surface area contributed by atoms with Gasteiger partial charge in [-0.3, -0.25) is 4.89 Å². The Morgan fingerprint density at radius 3 is 2.40 bits per heavy atom. The molecule has 0 heterocycles. The third-order valence-corrected chi connectivity index (χ3v) is 0.547. The van der Waals surface area contributed by atoms with Crippen LogP contribution in [0.15, 0.2) is 0 Å². The number of hydrogen-bond donors (Lipinski definition) is 0. The Morgan fingerprint density at radius 1 is 1.40 bits per heavy atom. The average molecular weight is 273 g/mol. The third kappa shape index (κ3) is 11.4. The Balaban J connectivity index is 0. The van der Waals surface area contributed by atoms with E-state index in [2.05, 4.69) is 14.5 Å². The van der Waals surface area contributed by atoms with Crippen molar-refractivity contribution in [2.24, 2.45) is 0 Å². The fraction of sp³-hybridized carbons (Fsp3) is 0.800. The molecule has 0 atom stereocenters. The van der Waals surface area contributed by atoms with Crippen LogP contribution in [0.2, 0.25) is 0 Å². The molecule has 0 unspecified atom stereocenters. The molecule has 0 N–H and O–H groups in total. The zero-order valence-electron chi connectivity index (χ0n) is 6.12. The molecule has 0 aliphatic rings. The molecule has 0 spiro atoms. The summed E-state index contributed by atoms with van der Waals surface area (Å²) in [5.74, 6) is -0.453. The van der Waals surface area contributed by atoms with Crippen molar-refractivity contribution >= 4 is 5.97 Å². The molecule has 0 fully saturated rings. The number of carbonyl (C=O) groups excluding carboxylic acids is 1. The van der Waals surface area contributed by atoms with Gasteiger partial charge in [0.15, 0.2) is 0 Å². The van der Waals surface area contributed by atoms with Crippen molar-refractivity contribution in [3.05, 3.63) is 0 Å². The van der Waals surface area contributed by atoms with Crippen LogP contribution in [-0.2, 0) is 19.3 Å². The van der Waals surface area contributed by atoms with Crippen molar-refractivity contribution in [2.75, 3.05) is 20.3 Å². The van der Waals surface area contributed by atoms with E-state index in [1.807, 2.05) is 0 Å². The van der Waals surface area contributed by atoms with Gasteiger partial charge < -0.3 is 4.74 Å². The summed E-state index contributed by atoms with van der Waals surface area (Å²) in [5.41, 5.74) is 0. The first kappa shape index (κ1) is 13.2. The van der Waals surface area contributed by atoms with Crippen LogP contribution in [0.3, 0.4) is 0 Å². The standard InChI is InChI=1S/C5H10O4.La/c1-5(6)9-8-4-3-7-2;/h3-4H2,1-2H3;. The second kappa shape index (κ2) is 9.58. The summed E-state index contributed by atoms with van der Waals surface area (Å²) in [6.45, 7) is 1.97. The molecule has 0 aliphatic carbocycles. The van der Waals surface area contributed by atoms with Gasteiger partial charge in [0.2, 0.25) is 0 Å². The largest absolute Gasteiger partial charge is 0.382 e. The normalized spacial score (nSPS) is 8.20. The minimum absolute atomic E-state index is 0. The van der Waals surface area contributed by atoms with Crippen LogP contribution >= 0.6 is 0 Å². The van der Waals surface area contributed by atoms with E-state index in [1.165, 1.54) is 14.0 Å². The molecule has 0 aromatic heterocycles. The van der Waals surface area contributed by atoms with Crippen LogP contribution in [0.25, 0.3) is 0 Å². The molecule has 0 amide bonds. The van der Waals surface area contributed by atoms with Gasteiger partial charge in [0.1, 0.15) is 6.61 Å². The number of methoxy groups -OCH3 is 1. The van der Waals surface area contributed by atoms with Crippen molar-refractivity contribution in [3.63, 3.8) is 0 Å². The second-order valence-corrected chi connectivity index (χ2v) is 1.39. The van der Waals surface area contributed by atoms with Crippen LogP contribution in [-0.4, -0.2) is 26.3 Å². The van der Waals surface area contributed by atoms with Crippen LogP contribution in [0.1, 0.15) is 6.92 Å². The molecule has 0 aromatic rings. The van der Waals surface area contributed by atoms with Gasteiger partial charge in [-0.1, -0.05) is 0 Å². The van der Waals surface area contributed by atoms with Crippen molar-refractivity contribution in [2.45, 2.75) is 6.92 Å². The van der Waals surface area contributed by atoms with Crippen LogP contribution < -0.4 is 0 Å². The Labute approximate surface area is 87.7 Å². The Bertz CT molecular complexity index is 85.7. The summed E-state index contributed by atoms with van der Waals surface area (Å²) in [6, 6.07) is 0. The first-order valence-electron chi connectivity index (χ1n) is 2.56. The van der Waals surface area contributed by atoms with E-state index in [0.717, 1.165) is 0 Å². The molecular weight excluding hydrogens is 263 g/mol. The minimum Gasteiger partial charge on any atom is -0.382 e. The number of rotatable bonds is 4. The maximum absolute atomic E-state index is 10.0. The second-order valence-electron chi connectivity index (χ2n) is 1.39. The number of hydrogen-bond acceptors (Lipinski definition) is 4. The van der Waals surface area contributed by atoms with Gasteiger partial charge in [-0.15, -0.1) is 0 Å². The summed E-state index contributed by atoms with van der Waals surface area (Å²) in [4.78, 5) is 18.5. The molecule has 0 aromatic carbocycles. The molecule has 0 aliphatic heterocycles. The van der Waals surface area contributed by atoms with Gasteiger partial charge in [-0.25, -0.2) is 4.79 Å². The quantitative estimate of drug-likeness (QED) is 0.415. The van der Waals surface area contributed by atoms with Crippen molar-refractivity contribution in [1.82, 2.24) is 0 Å². The van der Waals surface area contributed by atoms with E-state index in [-0.39, 0.29) is 42.2 Å². The summed E-state index contributed by atoms with van der Waals surface area (Å²) < 4.78 is 4.61. The zero-order valence-corrected chi connectivity index (χ0v) is 9.75. The molecule has 0 saturated heterocycles. The summed E-state index contributed by atoms with van der Waals surface area (Å²) >= 11 is 0. The van der Waals surface area contributed by atoms with Gasteiger partial charge in [0, 0.05) is 49.6 Å². The predicted molar refractivity (Wildman–Crippen MR) is 29.6 cm³/mol. The first-order chi connectivity index (χ1) is 4.27. The van der Waals surface area contributed by atoms with Crippen molar-refractivity contribution in [1.29, 1.82) is 0 Å².